The van der Waals surface area contributed by atoms with Crippen LogP contribution in [-0.2, 0) is 0 Å². The fourth-order valence-corrected chi connectivity index (χ4v) is 4.66. The van der Waals surface area contributed by atoms with Crippen molar-refractivity contribution in [2.75, 3.05) is 12.4 Å². The molecule has 0 bridgehead atoms. The Kier molecular flexibility index (Phi) is 5.71. The smallest absolute Gasteiger partial charge is 0.169 e. The molecule has 0 saturated heterocycles. The molecule has 3 nitrogen and oxygen atoms in total. The van der Waals surface area contributed by atoms with Crippen LogP contribution >= 0.6 is 23.4 Å². The van der Waals surface area contributed by atoms with E-state index in [1.165, 1.54) is 37.6 Å². The second-order valence-electron chi connectivity index (χ2n) is 6.70. The Hall–Kier alpha value is -1.65. The van der Waals surface area contributed by atoms with Gasteiger partial charge in [0.15, 0.2) is 5.16 Å². The third kappa shape index (κ3) is 4.02. The molecule has 1 heterocycles. The molecule has 0 atom stereocenters. The number of halogens is 1. The quantitative estimate of drug-likeness (QED) is 0.364. The van der Waals surface area contributed by atoms with Crippen LogP contribution in [0.25, 0.3) is 11.0 Å². The number of imidazole rings is 1. The van der Waals surface area contributed by atoms with E-state index in [4.69, 9.17) is 21.3 Å². The molecule has 0 unspecified atom stereocenters. The molecule has 3 aromatic rings. The van der Waals surface area contributed by atoms with Crippen molar-refractivity contribution in [1.82, 2.24) is 9.55 Å². The van der Waals surface area contributed by atoms with Gasteiger partial charge in [-0.25, -0.2) is 4.98 Å². The van der Waals surface area contributed by atoms with Crippen molar-refractivity contribution in [2.24, 2.45) is 0 Å². The summed E-state index contributed by atoms with van der Waals surface area (Å²) in [5, 5.41) is 1.85. The summed E-state index contributed by atoms with van der Waals surface area (Å²) in [6, 6.07) is 16.6. The van der Waals surface area contributed by atoms with Crippen LogP contribution in [0.4, 0.5) is 0 Å². The Balaban J connectivity index is 1.46. The van der Waals surface area contributed by atoms with Crippen molar-refractivity contribution in [2.45, 2.75) is 43.3 Å². The van der Waals surface area contributed by atoms with Crippen LogP contribution in [0, 0.1) is 0 Å². The molecule has 5 heteroatoms. The first kappa shape index (κ1) is 17.7. The van der Waals surface area contributed by atoms with Crippen molar-refractivity contribution < 1.29 is 4.74 Å². The van der Waals surface area contributed by atoms with E-state index in [1.54, 1.807) is 11.8 Å². The molecule has 136 valence electrons. The van der Waals surface area contributed by atoms with Crippen LogP contribution < -0.4 is 4.74 Å². The number of fused-ring (bicyclic) bond motifs is 1. The first-order valence-electron chi connectivity index (χ1n) is 9.29. The number of hydrogen-bond donors (Lipinski definition) is 0. The standard InChI is InChI=1S/C21H23ClN2OS/c22-16-10-12-18(13-11-16)25-14-15-26-21-23-19-8-4-5-9-20(19)24(21)17-6-2-1-3-7-17/h4-5,8-13,17H,1-3,6-7,14-15H2. The molecule has 1 aliphatic rings. The summed E-state index contributed by atoms with van der Waals surface area (Å²) in [4.78, 5) is 4.90. The summed E-state index contributed by atoms with van der Waals surface area (Å²) < 4.78 is 8.30. The van der Waals surface area contributed by atoms with E-state index in [9.17, 15) is 0 Å². The lowest BCUT2D eigenvalue weighted by atomic mass is 9.95. The minimum absolute atomic E-state index is 0.579. The first-order chi connectivity index (χ1) is 12.8. The highest BCUT2D eigenvalue weighted by molar-refractivity contribution is 7.99. The van der Waals surface area contributed by atoms with E-state index in [-0.39, 0.29) is 0 Å². The summed E-state index contributed by atoms with van der Waals surface area (Å²) in [5.41, 5.74) is 2.36. The van der Waals surface area contributed by atoms with Gasteiger partial charge >= 0.3 is 0 Å². The largest absolute Gasteiger partial charge is 0.493 e. The number of rotatable bonds is 6. The molecule has 2 aromatic carbocycles. The van der Waals surface area contributed by atoms with Crippen LogP contribution in [0.5, 0.6) is 5.75 Å². The van der Waals surface area contributed by atoms with Gasteiger partial charge in [0.25, 0.3) is 0 Å². The van der Waals surface area contributed by atoms with E-state index in [1.807, 2.05) is 24.3 Å². The monoisotopic (exact) mass is 386 g/mol. The third-order valence-electron chi connectivity index (χ3n) is 4.90. The number of benzene rings is 2. The number of hydrogen-bond acceptors (Lipinski definition) is 3. The first-order valence-corrected chi connectivity index (χ1v) is 10.7. The summed E-state index contributed by atoms with van der Waals surface area (Å²) >= 11 is 7.70. The molecule has 1 fully saturated rings. The zero-order valence-electron chi connectivity index (χ0n) is 14.7. The summed E-state index contributed by atoms with van der Waals surface area (Å²) in [6.45, 7) is 0.653. The average molecular weight is 387 g/mol. The Labute approximate surface area is 163 Å². The molecule has 0 radical (unpaired) electrons. The molecule has 0 N–H and O–H groups in total. The highest BCUT2D eigenvalue weighted by atomic mass is 35.5. The molecule has 4 rings (SSSR count). The van der Waals surface area contributed by atoms with Crippen LogP contribution in [-0.4, -0.2) is 21.9 Å². The summed E-state index contributed by atoms with van der Waals surface area (Å²) in [7, 11) is 0. The minimum Gasteiger partial charge on any atom is -0.493 e. The Morgan fingerprint density at radius 3 is 2.62 bits per heavy atom. The fourth-order valence-electron chi connectivity index (χ4n) is 3.64. The predicted octanol–water partition coefficient (Wildman–Crippen LogP) is 6.37. The number of thioether (sulfide) groups is 1. The maximum atomic E-state index is 5.91. The normalized spacial score (nSPS) is 15.4. The minimum atomic E-state index is 0.579. The average Bonchev–Trinajstić information content (AvgIpc) is 3.05. The van der Waals surface area contributed by atoms with Gasteiger partial charge in [-0.05, 0) is 49.2 Å². The molecule has 0 aliphatic heterocycles. The Morgan fingerprint density at radius 1 is 1.04 bits per heavy atom. The van der Waals surface area contributed by atoms with Gasteiger partial charge < -0.3 is 9.30 Å². The lowest BCUT2D eigenvalue weighted by Gasteiger charge is -2.25. The molecule has 26 heavy (non-hydrogen) atoms. The highest BCUT2D eigenvalue weighted by Gasteiger charge is 2.21. The maximum Gasteiger partial charge on any atom is 0.169 e. The van der Waals surface area contributed by atoms with E-state index in [0.717, 1.165) is 27.2 Å². The Bertz CT molecular complexity index is 856. The van der Waals surface area contributed by atoms with Crippen LogP contribution in [0.2, 0.25) is 5.02 Å². The van der Waals surface area contributed by atoms with Gasteiger partial charge in [-0.15, -0.1) is 0 Å². The molecule has 1 aromatic heterocycles. The lowest BCUT2D eigenvalue weighted by molar-refractivity contribution is 0.339. The van der Waals surface area contributed by atoms with Gasteiger partial charge in [-0.1, -0.05) is 54.8 Å². The van der Waals surface area contributed by atoms with Crippen molar-refractivity contribution in [3.05, 3.63) is 53.6 Å². The lowest BCUT2D eigenvalue weighted by Crippen LogP contribution is -2.14. The Morgan fingerprint density at radius 2 is 1.81 bits per heavy atom. The highest BCUT2D eigenvalue weighted by Crippen LogP contribution is 2.35. The number of nitrogens with zero attached hydrogens (tertiary/aromatic N) is 2. The summed E-state index contributed by atoms with van der Waals surface area (Å²) in [5.74, 6) is 1.73. The van der Waals surface area contributed by atoms with Crippen molar-refractivity contribution >= 4 is 34.4 Å². The topological polar surface area (TPSA) is 27.1 Å². The van der Waals surface area contributed by atoms with Crippen molar-refractivity contribution in [3.63, 3.8) is 0 Å². The molecule has 0 spiro atoms. The van der Waals surface area contributed by atoms with Gasteiger partial charge in [0.2, 0.25) is 0 Å². The van der Waals surface area contributed by atoms with Gasteiger partial charge in [-0.2, -0.15) is 0 Å². The molecule has 1 saturated carbocycles. The molecule has 1 aliphatic carbocycles. The number of aromatic nitrogens is 2. The van der Waals surface area contributed by atoms with Gasteiger partial charge in [0.05, 0.1) is 17.6 Å². The van der Waals surface area contributed by atoms with E-state index in [2.05, 4.69) is 28.8 Å². The van der Waals surface area contributed by atoms with Crippen LogP contribution in [0.15, 0.2) is 53.7 Å². The van der Waals surface area contributed by atoms with Crippen molar-refractivity contribution in [1.29, 1.82) is 0 Å². The number of para-hydroxylation sites is 2. The third-order valence-corrected chi connectivity index (χ3v) is 6.07. The van der Waals surface area contributed by atoms with E-state index >= 15 is 0 Å². The van der Waals surface area contributed by atoms with Crippen molar-refractivity contribution in [3.8, 4) is 5.75 Å². The zero-order valence-corrected chi connectivity index (χ0v) is 16.3. The molecular weight excluding hydrogens is 364 g/mol. The summed E-state index contributed by atoms with van der Waals surface area (Å²) in [6.07, 6.45) is 6.52. The fraction of sp³-hybridized carbons (Fsp3) is 0.381. The SMILES string of the molecule is Clc1ccc(OCCSc2nc3ccccc3n2C2CCCCC2)cc1. The number of ether oxygens (including phenoxy) is 1. The zero-order chi connectivity index (χ0) is 17.8. The van der Waals surface area contributed by atoms with Gasteiger partial charge in [-0.3, -0.25) is 0 Å². The maximum absolute atomic E-state index is 5.91. The predicted molar refractivity (Wildman–Crippen MR) is 110 cm³/mol. The molecule has 0 amide bonds. The van der Waals surface area contributed by atoms with Gasteiger partial charge in [0.1, 0.15) is 5.75 Å². The molecular formula is C21H23ClN2OS. The van der Waals surface area contributed by atoms with E-state index < -0.39 is 0 Å². The van der Waals surface area contributed by atoms with Gasteiger partial charge in [0, 0.05) is 16.8 Å². The van der Waals surface area contributed by atoms with E-state index in [0.29, 0.717) is 12.6 Å². The van der Waals surface area contributed by atoms with Crippen LogP contribution in [0.1, 0.15) is 38.1 Å². The second kappa shape index (κ2) is 8.36. The second-order valence-corrected chi connectivity index (χ2v) is 8.19. The van der Waals surface area contributed by atoms with Crippen LogP contribution in [0.3, 0.4) is 0 Å².